The Balaban J connectivity index is 1.83. The quantitative estimate of drug-likeness (QED) is 0.850. The lowest BCUT2D eigenvalue weighted by Crippen LogP contribution is -2.42. The minimum Gasteiger partial charge on any atom is -0.497 e. The molecule has 0 fully saturated rings. The molecule has 2 N–H and O–H groups in total. The van der Waals surface area contributed by atoms with E-state index in [2.05, 4.69) is 24.5 Å². The molecule has 2 rings (SSSR count). The molecule has 0 bridgehead atoms. The van der Waals surface area contributed by atoms with Gasteiger partial charge in [-0.15, -0.1) is 0 Å². The van der Waals surface area contributed by atoms with Gasteiger partial charge >= 0.3 is 6.03 Å². The average Bonchev–Trinajstić information content (AvgIpc) is 2.59. The number of nitrogens with one attached hydrogen (secondary N) is 2. The van der Waals surface area contributed by atoms with Gasteiger partial charge in [-0.05, 0) is 35.4 Å². The number of rotatable bonds is 6. The Labute approximate surface area is 142 Å². The van der Waals surface area contributed by atoms with E-state index in [4.69, 9.17) is 4.74 Å². The lowest BCUT2D eigenvalue weighted by Gasteiger charge is -2.26. The number of halogens is 1. The van der Waals surface area contributed by atoms with Crippen LogP contribution < -0.4 is 15.4 Å². The van der Waals surface area contributed by atoms with Gasteiger partial charge in [0, 0.05) is 18.5 Å². The molecule has 0 saturated carbocycles. The molecule has 128 valence electrons. The maximum atomic E-state index is 12.8. The third-order valence-corrected chi connectivity index (χ3v) is 3.93. The van der Waals surface area contributed by atoms with E-state index >= 15 is 0 Å². The predicted molar refractivity (Wildman–Crippen MR) is 92.7 cm³/mol. The molecule has 24 heavy (non-hydrogen) atoms. The number of carbonyl (C=O) groups is 1. The van der Waals surface area contributed by atoms with Crippen LogP contribution in [0.1, 0.15) is 25.0 Å². The molecule has 0 aliphatic carbocycles. The third kappa shape index (κ3) is 4.98. The van der Waals surface area contributed by atoms with Crippen molar-refractivity contribution in [1.29, 1.82) is 0 Å². The summed E-state index contributed by atoms with van der Waals surface area (Å²) in [5.74, 6) is 0.518. The second kappa shape index (κ2) is 7.81. The van der Waals surface area contributed by atoms with Gasteiger partial charge < -0.3 is 15.4 Å². The average molecular weight is 330 g/mol. The number of amides is 2. The van der Waals surface area contributed by atoms with Gasteiger partial charge in [0.15, 0.2) is 0 Å². The molecule has 0 atom stereocenters. The first kappa shape index (κ1) is 17.8. The van der Waals surface area contributed by atoms with Crippen LogP contribution in [-0.4, -0.2) is 19.7 Å². The van der Waals surface area contributed by atoms with E-state index in [0.717, 1.165) is 16.9 Å². The smallest absolute Gasteiger partial charge is 0.315 e. The highest BCUT2D eigenvalue weighted by Gasteiger charge is 2.21. The predicted octanol–water partition coefficient (Wildman–Crippen LogP) is 3.61. The van der Waals surface area contributed by atoms with Crippen LogP contribution in [0.15, 0.2) is 48.5 Å². The fourth-order valence-electron chi connectivity index (χ4n) is 2.29. The molecule has 2 aromatic carbocycles. The van der Waals surface area contributed by atoms with Crippen LogP contribution >= 0.6 is 0 Å². The second-order valence-corrected chi connectivity index (χ2v) is 6.28. The lowest BCUT2D eigenvalue weighted by molar-refractivity contribution is 0.238. The molecule has 2 aromatic rings. The van der Waals surface area contributed by atoms with Crippen LogP contribution in [0.25, 0.3) is 0 Å². The van der Waals surface area contributed by atoms with Crippen LogP contribution in [0.5, 0.6) is 5.75 Å². The molecular formula is C19H23FN2O2. The summed E-state index contributed by atoms with van der Waals surface area (Å²) in [6.07, 6.45) is 0. The van der Waals surface area contributed by atoms with E-state index in [1.165, 1.54) is 12.1 Å². The summed E-state index contributed by atoms with van der Waals surface area (Å²) in [4.78, 5) is 11.9. The fourth-order valence-corrected chi connectivity index (χ4v) is 2.29. The summed E-state index contributed by atoms with van der Waals surface area (Å²) in [6, 6.07) is 13.6. The summed E-state index contributed by atoms with van der Waals surface area (Å²) in [7, 11) is 1.63. The summed E-state index contributed by atoms with van der Waals surface area (Å²) in [6.45, 7) is 4.98. The van der Waals surface area contributed by atoms with Crippen LogP contribution in [0, 0.1) is 5.82 Å². The maximum absolute atomic E-state index is 12.8. The Kier molecular flexibility index (Phi) is 5.79. The number of benzene rings is 2. The van der Waals surface area contributed by atoms with E-state index in [0.29, 0.717) is 13.1 Å². The van der Waals surface area contributed by atoms with Crippen molar-refractivity contribution in [3.05, 3.63) is 65.5 Å². The fraction of sp³-hybridized carbons (Fsp3) is 0.316. The van der Waals surface area contributed by atoms with E-state index < -0.39 is 0 Å². The summed E-state index contributed by atoms with van der Waals surface area (Å²) < 4.78 is 18.0. The molecule has 0 heterocycles. The minimum atomic E-state index is -0.288. The van der Waals surface area contributed by atoms with Crippen LogP contribution in [0.2, 0.25) is 0 Å². The van der Waals surface area contributed by atoms with Gasteiger partial charge in [-0.2, -0.15) is 0 Å². The first-order valence-corrected chi connectivity index (χ1v) is 7.81. The molecule has 2 amide bonds. The lowest BCUT2D eigenvalue weighted by atomic mass is 9.84. The van der Waals surface area contributed by atoms with Gasteiger partial charge in [0.1, 0.15) is 11.6 Å². The monoisotopic (exact) mass is 330 g/mol. The Hall–Kier alpha value is -2.56. The van der Waals surface area contributed by atoms with Crippen molar-refractivity contribution in [1.82, 2.24) is 10.6 Å². The van der Waals surface area contributed by atoms with Gasteiger partial charge in [0.25, 0.3) is 0 Å². The van der Waals surface area contributed by atoms with Crippen LogP contribution in [0.3, 0.4) is 0 Å². The first-order chi connectivity index (χ1) is 11.4. The van der Waals surface area contributed by atoms with E-state index in [9.17, 15) is 9.18 Å². The molecule has 0 spiro atoms. The van der Waals surface area contributed by atoms with Crippen molar-refractivity contribution >= 4 is 6.03 Å². The molecule has 0 radical (unpaired) electrons. The van der Waals surface area contributed by atoms with Gasteiger partial charge in [-0.3, -0.25) is 0 Å². The van der Waals surface area contributed by atoms with Crippen molar-refractivity contribution in [2.24, 2.45) is 0 Å². The maximum Gasteiger partial charge on any atom is 0.315 e. The summed E-state index contributed by atoms with van der Waals surface area (Å²) >= 11 is 0. The van der Waals surface area contributed by atoms with Crippen molar-refractivity contribution in [2.45, 2.75) is 25.8 Å². The largest absolute Gasteiger partial charge is 0.497 e. The van der Waals surface area contributed by atoms with E-state index in [1.54, 1.807) is 19.2 Å². The van der Waals surface area contributed by atoms with Gasteiger partial charge in [-0.1, -0.05) is 38.1 Å². The Morgan fingerprint density at radius 3 is 2.25 bits per heavy atom. The Morgan fingerprint density at radius 1 is 1.04 bits per heavy atom. The minimum absolute atomic E-state index is 0.209. The Bertz CT molecular complexity index is 667. The third-order valence-electron chi connectivity index (χ3n) is 3.93. The zero-order valence-corrected chi connectivity index (χ0v) is 14.2. The highest BCUT2D eigenvalue weighted by Crippen LogP contribution is 2.24. The highest BCUT2D eigenvalue weighted by molar-refractivity contribution is 5.74. The standard InChI is InChI=1S/C19H23FN2O2/c1-19(2,15-6-10-17(24-3)11-7-15)13-22-18(23)21-12-14-4-8-16(20)9-5-14/h4-11H,12-13H2,1-3H3,(H2,21,22,23). The molecule has 0 unspecified atom stereocenters. The van der Waals surface area contributed by atoms with Crippen molar-refractivity contribution in [3.63, 3.8) is 0 Å². The van der Waals surface area contributed by atoms with E-state index in [-0.39, 0.29) is 17.3 Å². The number of methoxy groups -OCH3 is 1. The van der Waals surface area contributed by atoms with Crippen LogP contribution in [-0.2, 0) is 12.0 Å². The number of hydrogen-bond donors (Lipinski definition) is 2. The Morgan fingerprint density at radius 2 is 1.67 bits per heavy atom. The van der Waals surface area contributed by atoms with Gasteiger partial charge in [0.05, 0.1) is 7.11 Å². The van der Waals surface area contributed by atoms with Crippen molar-refractivity contribution in [3.8, 4) is 5.75 Å². The molecular weight excluding hydrogens is 307 g/mol. The van der Waals surface area contributed by atoms with Crippen molar-refractivity contribution in [2.75, 3.05) is 13.7 Å². The molecule has 0 aromatic heterocycles. The topological polar surface area (TPSA) is 50.4 Å². The number of hydrogen-bond acceptors (Lipinski definition) is 2. The molecule has 0 saturated heterocycles. The summed E-state index contributed by atoms with van der Waals surface area (Å²) in [5, 5.41) is 5.64. The number of urea groups is 1. The van der Waals surface area contributed by atoms with Crippen molar-refractivity contribution < 1.29 is 13.9 Å². The van der Waals surface area contributed by atoms with E-state index in [1.807, 2.05) is 24.3 Å². The van der Waals surface area contributed by atoms with Crippen LogP contribution in [0.4, 0.5) is 9.18 Å². The SMILES string of the molecule is COc1ccc(C(C)(C)CNC(=O)NCc2ccc(F)cc2)cc1. The second-order valence-electron chi connectivity index (χ2n) is 6.28. The normalized spacial score (nSPS) is 11.0. The van der Waals surface area contributed by atoms with Gasteiger partial charge in [0.2, 0.25) is 0 Å². The number of ether oxygens (including phenoxy) is 1. The highest BCUT2D eigenvalue weighted by atomic mass is 19.1. The number of carbonyl (C=O) groups excluding carboxylic acids is 1. The first-order valence-electron chi connectivity index (χ1n) is 7.81. The zero-order valence-electron chi connectivity index (χ0n) is 14.2. The van der Waals surface area contributed by atoms with Gasteiger partial charge in [-0.25, -0.2) is 9.18 Å². The molecule has 5 heteroatoms. The molecule has 4 nitrogen and oxygen atoms in total. The molecule has 0 aliphatic rings. The summed E-state index contributed by atoms with van der Waals surface area (Å²) in [5.41, 5.74) is 1.75. The molecule has 0 aliphatic heterocycles. The zero-order chi connectivity index (χ0) is 17.6.